The minimum atomic E-state index is 0.161. The summed E-state index contributed by atoms with van der Waals surface area (Å²) in [5.41, 5.74) is 0.979. The second-order valence-electron chi connectivity index (χ2n) is 6.71. The lowest BCUT2D eigenvalue weighted by molar-refractivity contribution is -0.130. The lowest BCUT2D eigenvalue weighted by Gasteiger charge is -2.38. The van der Waals surface area contributed by atoms with Crippen LogP contribution < -0.4 is 4.90 Å². The first-order valence-electron chi connectivity index (χ1n) is 9.06. The fraction of sp³-hybridized carbons (Fsp3) is 0.579. The Kier molecular flexibility index (Phi) is 5.51. The number of hydrogen-bond donors (Lipinski definition) is 0. The van der Waals surface area contributed by atoms with Crippen LogP contribution in [0.1, 0.15) is 32.6 Å². The molecule has 2 heterocycles. The predicted molar refractivity (Wildman–Crippen MR) is 94.9 cm³/mol. The van der Waals surface area contributed by atoms with Crippen LogP contribution in [0, 0.1) is 0 Å². The fourth-order valence-electron chi connectivity index (χ4n) is 3.78. The maximum absolute atomic E-state index is 12.6. The van der Waals surface area contributed by atoms with Gasteiger partial charge < -0.3 is 9.80 Å². The molecule has 1 aromatic rings. The molecule has 1 aromatic carbocycles. The van der Waals surface area contributed by atoms with E-state index in [0.717, 1.165) is 51.1 Å². The second-order valence-corrected chi connectivity index (χ2v) is 6.71. The number of para-hydroxylation sites is 1. The van der Waals surface area contributed by atoms with Crippen molar-refractivity contribution in [3.8, 4) is 0 Å². The van der Waals surface area contributed by atoms with Crippen LogP contribution >= 0.6 is 0 Å². The van der Waals surface area contributed by atoms with Crippen molar-refractivity contribution in [2.75, 3.05) is 37.6 Å². The van der Waals surface area contributed by atoms with E-state index in [-0.39, 0.29) is 11.8 Å². The summed E-state index contributed by atoms with van der Waals surface area (Å²) in [4.78, 5) is 30.9. The molecule has 2 aliphatic heterocycles. The first kappa shape index (κ1) is 17.0. The fourth-order valence-corrected chi connectivity index (χ4v) is 3.78. The zero-order valence-electron chi connectivity index (χ0n) is 14.5. The van der Waals surface area contributed by atoms with Gasteiger partial charge in [0.15, 0.2) is 0 Å². The van der Waals surface area contributed by atoms with Crippen molar-refractivity contribution < 1.29 is 9.59 Å². The third-order valence-electron chi connectivity index (χ3n) is 5.10. The van der Waals surface area contributed by atoms with Gasteiger partial charge in [0.25, 0.3) is 0 Å². The molecule has 5 heteroatoms. The quantitative estimate of drug-likeness (QED) is 0.850. The summed E-state index contributed by atoms with van der Waals surface area (Å²) in [7, 11) is 0. The van der Waals surface area contributed by atoms with Gasteiger partial charge in [0.05, 0.1) is 6.54 Å². The van der Waals surface area contributed by atoms with Crippen molar-refractivity contribution in [2.45, 2.75) is 38.6 Å². The van der Waals surface area contributed by atoms with E-state index in [4.69, 9.17) is 0 Å². The van der Waals surface area contributed by atoms with E-state index in [1.807, 2.05) is 40.1 Å². The number of rotatable bonds is 4. The first-order chi connectivity index (χ1) is 11.7. The van der Waals surface area contributed by atoms with E-state index in [1.165, 1.54) is 0 Å². The predicted octanol–water partition coefficient (Wildman–Crippen LogP) is 2.13. The van der Waals surface area contributed by atoms with Crippen LogP contribution in [0.5, 0.6) is 0 Å². The molecule has 2 saturated heterocycles. The van der Waals surface area contributed by atoms with Gasteiger partial charge in [0.1, 0.15) is 0 Å². The van der Waals surface area contributed by atoms with Gasteiger partial charge in [-0.1, -0.05) is 25.1 Å². The van der Waals surface area contributed by atoms with Crippen LogP contribution in [-0.2, 0) is 9.59 Å². The van der Waals surface area contributed by atoms with E-state index in [2.05, 4.69) is 11.8 Å². The number of hydrogen-bond acceptors (Lipinski definition) is 3. The average Bonchev–Trinajstić information content (AvgIpc) is 2.78. The van der Waals surface area contributed by atoms with Crippen molar-refractivity contribution in [2.24, 2.45) is 0 Å². The Bertz CT molecular complexity index is 575. The maximum Gasteiger partial charge on any atom is 0.241 e. The molecule has 0 saturated carbocycles. The summed E-state index contributed by atoms with van der Waals surface area (Å²) in [6.07, 6.45) is 3.46. The molecular weight excluding hydrogens is 302 g/mol. The third-order valence-corrected chi connectivity index (χ3v) is 5.10. The van der Waals surface area contributed by atoms with Gasteiger partial charge in [-0.25, -0.2) is 0 Å². The Morgan fingerprint density at radius 2 is 1.79 bits per heavy atom. The molecule has 0 radical (unpaired) electrons. The molecule has 1 atom stereocenters. The maximum atomic E-state index is 12.6. The van der Waals surface area contributed by atoms with Gasteiger partial charge >= 0.3 is 0 Å². The highest BCUT2D eigenvalue weighted by Crippen LogP contribution is 2.22. The minimum absolute atomic E-state index is 0.161. The molecule has 0 N–H and O–H groups in total. The first-order valence-corrected chi connectivity index (χ1v) is 9.06. The smallest absolute Gasteiger partial charge is 0.241 e. The van der Waals surface area contributed by atoms with Crippen LogP contribution in [0.15, 0.2) is 30.3 Å². The lowest BCUT2D eigenvalue weighted by atomic mass is 10.1. The van der Waals surface area contributed by atoms with Crippen LogP contribution in [-0.4, -0.2) is 60.4 Å². The number of piperazine rings is 1. The molecular formula is C19H27N3O2. The monoisotopic (exact) mass is 329 g/mol. The molecule has 24 heavy (non-hydrogen) atoms. The summed E-state index contributed by atoms with van der Waals surface area (Å²) in [5, 5.41) is 0. The highest BCUT2D eigenvalue weighted by Gasteiger charge is 2.31. The number of carbonyl (C=O) groups is 2. The summed E-state index contributed by atoms with van der Waals surface area (Å²) < 4.78 is 0. The van der Waals surface area contributed by atoms with Crippen LogP contribution in [0.4, 0.5) is 5.69 Å². The van der Waals surface area contributed by atoms with Gasteiger partial charge in [-0.3, -0.25) is 14.5 Å². The molecule has 0 aromatic heterocycles. The van der Waals surface area contributed by atoms with E-state index < -0.39 is 0 Å². The van der Waals surface area contributed by atoms with Crippen molar-refractivity contribution in [1.29, 1.82) is 0 Å². The molecule has 130 valence electrons. The van der Waals surface area contributed by atoms with Gasteiger partial charge in [-0.05, 0) is 31.4 Å². The zero-order chi connectivity index (χ0) is 16.9. The molecule has 0 spiro atoms. The highest BCUT2D eigenvalue weighted by atomic mass is 16.2. The number of benzene rings is 1. The molecule has 2 amide bonds. The number of nitrogens with zero attached hydrogens (tertiary/aromatic N) is 3. The van der Waals surface area contributed by atoms with Crippen molar-refractivity contribution in [3.05, 3.63) is 30.3 Å². The normalized spacial score (nSPS) is 23.5. The van der Waals surface area contributed by atoms with E-state index in [1.54, 1.807) is 0 Å². The van der Waals surface area contributed by atoms with E-state index in [9.17, 15) is 9.59 Å². The highest BCUT2D eigenvalue weighted by molar-refractivity contribution is 5.95. The Morgan fingerprint density at radius 3 is 2.50 bits per heavy atom. The van der Waals surface area contributed by atoms with Gasteiger partial charge in [0.2, 0.25) is 11.8 Å². The topological polar surface area (TPSA) is 43.9 Å². The second kappa shape index (κ2) is 7.79. The molecule has 2 aliphatic rings. The molecule has 3 rings (SSSR count). The lowest BCUT2D eigenvalue weighted by Crippen LogP contribution is -2.53. The summed E-state index contributed by atoms with van der Waals surface area (Å²) in [6.45, 7) is 5.86. The Hall–Kier alpha value is -1.88. The summed E-state index contributed by atoms with van der Waals surface area (Å²) >= 11 is 0. The van der Waals surface area contributed by atoms with E-state index in [0.29, 0.717) is 19.0 Å². The molecule has 0 bridgehead atoms. The van der Waals surface area contributed by atoms with Crippen LogP contribution in [0.3, 0.4) is 0 Å². The average molecular weight is 329 g/mol. The molecule has 1 unspecified atom stereocenters. The largest absolute Gasteiger partial charge is 0.343 e. The Morgan fingerprint density at radius 1 is 1.00 bits per heavy atom. The zero-order valence-corrected chi connectivity index (χ0v) is 14.5. The molecule has 2 fully saturated rings. The van der Waals surface area contributed by atoms with E-state index >= 15 is 0 Å². The van der Waals surface area contributed by atoms with Crippen LogP contribution in [0.25, 0.3) is 0 Å². The van der Waals surface area contributed by atoms with Crippen molar-refractivity contribution in [1.82, 2.24) is 9.80 Å². The number of carbonyl (C=O) groups excluding carboxylic acids is 2. The van der Waals surface area contributed by atoms with Gasteiger partial charge in [-0.2, -0.15) is 0 Å². The van der Waals surface area contributed by atoms with Crippen LogP contribution in [0.2, 0.25) is 0 Å². The number of anilines is 1. The minimum Gasteiger partial charge on any atom is -0.343 e. The summed E-state index contributed by atoms with van der Waals surface area (Å²) in [5.74, 6) is 0.432. The Balaban J connectivity index is 1.59. The van der Waals surface area contributed by atoms with Crippen molar-refractivity contribution in [3.63, 3.8) is 0 Å². The Labute approximate surface area is 144 Å². The number of likely N-dealkylation sites (tertiary alicyclic amines) is 1. The van der Waals surface area contributed by atoms with Gasteiger partial charge in [0, 0.05) is 44.3 Å². The summed E-state index contributed by atoms with van der Waals surface area (Å²) in [6, 6.07) is 10.2. The SMILES string of the molecule is CCCN1CCC(N2CCN(c3ccccc3)C(=O)C2)CCC1=O. The molecule has 0 aliphatic carbocycles. The van der Waals surface area contributed by atoms with Crippen molar-refractivity contribution >= 4 is 17.5 Å². The standard InChI is InChI=1S/C19H27N3O2/c1-2-11-20-12-10-16(8-9-18(20)23)21-13-14-22(19(24)15-21)17-6-4-3-5-7-17/h3-7,16H,2,8-15H2,1H3. The van der Waals surface area contributed by atoms with Gasteiger partial charge in [-0.15, -0.1) is 0 Å². The molecule has 5 nitrogen and oxygen atoms in total. The third kappa shape index (κ3) is 3.78. The number of amides is 2.